The lowest BCUT2D eigenvalue weighted by Gasteiger charge is -2.10. The van der Waals surface area contributed by atoms with Gasteiger partial charge in [-0.1, -0.05) is 17.4 Å². The Kier molecular flexibility index (Phi) is 4.77. The molecule has 1 heterocycles. The molecular weight excluding hydrogens is 286 g/mol. The molecule has 7 nitrogen and oxygen atoms in total. The molecule has 0 saturated carbocycles. The number of carboxylic acid groups (broad SMARTS) is 1. The van der Waals surface area contributed by atoms with Crippen LogP contribution in [-0.2, 0) is 13.0 Å². The molecule has 2 aromatic rings. The normalized spacial score (nSPS) is 10.3. The highest BCUT2D eigenvalue weighted by molar-refractivity contribution is 5.86. The lowest BCUT2D eigenvalue weighted by Crippen LogP contribution is -2.08. The van der Waals surface area contributed by atoms with Crippen molar-refractivity contribution in [1.29, 1.82) is 0 Å². The van der Waals surface area contributed by atoms with Gasteiger partial charge in [0.05, 0.1) is 26.5 Å². The fourth-order valence-corrected chi connectivity index (χ4v) is 2.13. The van der Waals surface area contributed by atoms with Crippen LogP contribution in [0.5, 0.6) is 11.5 Å². The van der Waals surface area contributed by atoms with Crippen LogP contribution in [0.1, 0.15) is 21.7 Å². The zero-order valence-corrected chi connectivity index (χ0v) is 12.4. The summed E-state index contributed by atoms with van der Waals surface area (Å²) in [7, 11) is 3.11. The molecule has 0 amide bonds. The van der Waals surface area contributed by atoms with Crippen molar-refractivity contribution in [2.24, 2.45) is 0 Å². The molecule has 1 aromatic carbocycles. The third-order valence-corrected chi connectivity index (χ3v) is 3.16. The minimum absolute atomic E-state index is 0.0587. The third kappa shape index (κ3) is 3.08. The number of methoxy groups -OCH3 is 2. The van der Waals surface area contributed by atoms with Crippen LogP contribution in [0.3, 0.4) is 0 Å². The van der Waals surface area contributed by atoms with Gasteiger partial charge in [0.15, 0.2) is 17.2 Å². The predicted molar refractivity (Wildman–Crippen MR) is 79.5 cm³/mol. The molecule has 0 unspecified atom stereocenters. The maximum absolute atomic E-state index is 11.3. The van der Waals surface area contributed by atoms with E-state index in [1.807, 2.05) is 6.07 Å². The van der Waals surface area contributed by atoms with Gasteiger partial charge in [-0.25, -0.2) is 9.48 Å². The van der Waals surface area contributed by atoms with Gasteiger partial charge < -0.3 is 14.6 Å². The van der Waals surface area contributed by atoms with Crippen molar-refractivity contribution in [1.82, 2.24) is 15.0 Å². The molecule has 0 atom stereocenters. The van der Waals surface area contributed by atoms with E-state index in [4.69, 9.17) is 9.47 Å². The first-order valence-electron chi connectivity index (χ1n) is 6.58. The Morgan fingerprint density at radius 2 is 2.09 bits per heavy atom. The number of hydrogen-bond acceptors (Lipinski definition) is 5. The largest absolute Gasteiger partial charge is 0.493 e. The van der Waals surface area contributed by atoms with Crippen LogP contribution >= 0.6 is 0 Å². The number of benzene rings is 1. The molecule has 0 saturated heterocycles. The lowest BCUT2D eigenvalue weighted by atomic mass is 10.1. The highest BCUT2D eigenvalue weighted by Gasteiger charge is 2.19. The number of allylic oxidation sites excluding steroid dienone is 1. The van der Waals surface area contributed by atoms with Gasteiger partial charge in [-0.2, -0.15) is 0 Å². The number of rotatable bonds is 7. The lowest BCUT2D eigenvalue weighted by molar-refractivity contribution is 0.0689. The van der Waals surface area contributed by atoms with Crippen LogP contribution in [0.25, 0.3) is 0 Å². The van der Waals surface area contributed by atoms with Gasteiger partial charge in [0, 0.05) is 6.42 Å². The van der Waals surface area contributed by atoms with Crippen molar-refractivity contribution in [3.8, 4) is 11.5 Å². The minimum atomic E-state index is -1.11. The second-order valence-electron chi connectivity index (χ2n) is 4.53. The Morgan fingerprint density at radius 3 is 2.68 bits per heavy atom. The Labute approximate surface area is 127 Å². The first kappa shape index (κ1) is 15.6. The maximum Gasteiger partial charge on any atom is 0.358 e. The van der Waals surface area contributed by atoms with Gasteiger partial charge in [0.1, 0.15) is 0 Å². The van der Waals surface area contributed by atoms with Crippen LogP contribution in [0, 0.1) is 0 Å². The Morgan fingerprint density at radius 1 is 1.36 bits per heavy atom. The van der Waals surface area contributed by atoms with E-state index in [9.17, 15) is 9.90 Å². The van der Waals surface area contributed by atoms with Gasteiger partial charge in [-0.05, 0) is 17.7 Å². The highest BCUT2D eigenvalue weighted by Crippen LogP contribution is 2.28. The van der Waals surface area contributed by atoms with Gasteiger partial charge >= 0.3 is 5.97 Å². The Balaban J connectivity index is 2.39. The summed E-state index contributed by atoms with van der Waals surface area (Å²) in [5.41, 5.74) is 1.32. The monoisotopic (exact) mass is 303 g/mol. The maximum atomic E-state index is 11.3. The van der Waals surface area contributed by atoms with Crippen LogP contribution in [0.4, 0.5) is 0 Å². The van der Waals surface area contributed by atoms with Gasteiger partial charge in [0.2, 0.25) is 0 Å². The Bertz CT molecular complexity index is 694. The van der Waals surface area contributed by atoms with Gasteiger partial charge in [-0.15, -0.1) is 11.7 Å². The van der Waals surface area contributed by atoms with Crippen LogP contribution < -0.4 is 9.47 Å². The summed E-state index contributed by atoms with van der Waals surface area (Å²) in [6.45, 7) is 4.03. The second kappa shape index (κ2) is 6.75. The van der Waals surface area contributed by atoms with E-state index in [0.29, 0.717) is 30.2 Å². The number of nitrogens with zero attached hydrogens (tertiary/aromatic N) is 3. The molecule has 116 valence electrons. The van der Waals surface area contributed by atoms with Crippen LogP contribution in [0.2, 0.25) is 0 Å². The van der Waals surface area contributed by atoms with E-state index in [1.165, 1.54) is 4.68 Å². The summed E-state index contributed by atoms with van der Waals surface area (Å²) in [6.07, 6.45) is 2.00. The van der Waals surface area contributed by atoms with Gasteiger partial charge in [-0.3, -0.25) is 0 Å². The molecule has 22 heavy (non-hydrogen) atoms. The molecule has 0 bridgehead atoms. The average Bonchev–Trinajstić information content (AvgIpc) is 2.90. The number of aromatic nitrogens is 3. The quantitative estimate of drug-likeness (QED) is 0.784. The van der Waals surface area contributed by atoms with E-state index in [2.05, 4.69) is 16.9 Å². The molecule has 7 heteroatoms. The SMILES string of the molecule is C=CCn1nnc(C(=O)O)c1Cc1ccc(OC)c(OC)c1. The van der Waals surface area contributed by atoms with Crippen LogP contribution in [-0.4, -0.2) is 40.3 Å². The number of carbonyl (C=O) groups is 1. The summed E-state index contributed by atoms with van der Waals surface area (Å²) >= 11 is 0. The average molecular weight is 303 g/mol. The van der Waals surface area contributed by atoms with Crippen molar-refractivity contribution in [2.75, 3.05) is 14.2 Å². The fourth-order valence-electron chi connectivity index (χ4n) is 2.13. The zero-order valence-electron chi connectivity index (χ0n) is 12.4. The number of aromatic carboxylic acids is 1. The summed E-state index contributed by atoms with van der Waals surface area (Å²) in [4.78, 5) is 11.3. The molecular formula is C15H17N3O4. The van der Waals surface area contributed by atoms with Crippen molar-refractivity contribution in [3.05, 3.63) is 47.8 Å². The number of ether oxygens (including phenoxy) is 2. The van der Waals surface area contributed by atoms with E-state index in [-0.39, 0.29) is 5.69 Å². The molecule has 0 aliphatic rings. The Hall–Kier alpha value is -2.83. The van der Waals surface area contributed by atoms with Gasteiger partial charge in [0.25, 0.3) is 0 Å². The summed E-state index contributed by atoms with van der Waals surface area (Å²) in [5.74, 6) is 0.0906. The smallest absolute Gasteiger partial charge is 0.358 e. The number of hydrogen-bond donors (Lipinski definition) is 1. The second-order valence-corrected chi connectivity index (χ2v) is 4.53. The molecule has 1 aromatic heterocycles. The summed E-state index contributed by atoms with van der Waals surface area (Å²) in [6, 6.07) is 5.42. The molecule has 0 spiro atoms. The van der Waals surface area contributed by atoms with Crippen molar-refractivity contribution < 1.29 is 19.4 Å². The first-order chi connectivity index (χ1) is 10.6. The highest BCUT2D eigenvalue weighted by atomic mass is 16.5. The van der Waals surface area contributed by atoms with Crippen molar-refractivity contribution in [2.45, 2.75) is 13.0 Å². The molecule has 0 aliphatic heterocycles. The van der Waals surface area contributed by atoms with E-state index in [0.717, 1.165) is 5.56 Å². The first-order valence-corrected chi connectivity index (χ1v) is 6.58. The fraction of sp³-hybridized carbons (Fsp3) is 0.267. The zero-order chi connectivity index (χ0) is 16.1. The molecule has 0 aliphatic carbocycles. The van der Waals surface area contributed by atoms with E-state index >= 15 is 0 Å². The third-order valence-electron chi connectivity index (χ3n) is 3.16. The summed E-state index contributed by atoms with van der Waals surface area (Å²) < 4.78 is 12.0. The summed E-state index contributed by atoms with van der Waals surface area (Å²) in [5, 5.41) is 16.8. The predicted octanol–water partition coefficient (Wildman–Crippen LogP) is 1.77. The molecule has 2 rings (SSSR count). The molecule has 1 N–H and O–H groups in total. The minimum Gasteiger partial charge on any atom is -0.493 e. The molecule has 0 fully saturated rings. The molecule has 0 radical (unpaired) electrons. The van der Waals surface area contributed by atoms with E-state index < -0.39 is 5.97 Å². The van der Waals surface area contributed by atoms with E-state index in [1.54, 1.807) is 32.4 Å². The van der Waals surface area contributed by atoms with Crippen molar-refractivity contribution >= 4 is 5.97 Å². The topological polar surface area (TPSA) is 86.5 Å². The van der Waals surface area contributed by atoms with Crippen molar-refractivity contribution in [3.63, 3.8) is 0 Å². The standard InChI is InChI=1S/C15H17N3O4/c1-4-7-18-11(14(15(19)20)16-17-18)8-10-5-6-12(21-2)13(9-10)22-3/h4-6,9H,1,7-8H2,2-3H3,(H,19,20). The number of carboxylic acids is 1. The van der Waals surface area contributed by atoms with Crippen LogP contribution in [0.15, 0.2) is 30.9 Å².